The lowest BCUT2D eigenvalue weighted by molar-refractivity contribution is -0.155. The zero-order valence-electron chi connectivity index (χ0n) is 42.2. The zero-order valence-corrected chi connectivity index (χ0v) is 42.2. The van der Waals surface area contributed by atoms with Gasteiger partial charge in [-0.25, -0.2) is 0 Å². The van der Waals surface area contributed by atoms with Crippen LogP contribution in [0.1, 0.15) is 303 Å². The summed E-state index contributed by atoms with van der Waals surface area (Å²) >= 11 is 0. The fourth-order valence-electron chi connectivity index (χ4n) is 8.23. The zero-order chi connectivity index (χ0) is 44.9. The predicted molar refractivity (Wildman–Crippen MR) is 270 cm³/mol. The van der Waals surface area contributed by atoms with Crippen molar-refractivity contribution in [1.82, 2.24) is 0 Å². The molecule has 0 aromatic carbocycles. The Balaban J connectivity index is 4.17. The number of hydrogen-bond donors (Lipinski definition) is 0. The van der Waals surface area contributed by atoms with Crippen LogP contribution in [0.3, 0.4) is 0 Å². The summed E-state index contributed by atoms with van der Waals surface area (Å²) in [6.45, 7) is 7.74. The van der Waals surface area contributed by atoms with Gasteiger partial charge in [0.15, 0.2) is 0 Å². The molecule has 0 heterocycles. The molecule has 0 aliphatic heterocycles. The topological polar surface area (TPSA) is 61.8 Å². The van der Waals surface area contributed by atoms with Crippen LogP contribution in [0.2, 0.25) is 0 Å². The van der Waals surface area contributed by atoms with Crippen molar-refractivity contribution in [3.8, 4) is 0 Å². The van der Waals surface area contributed by atoms with Crippen LogP contribution < -0.4 is 0 Å². The molecule has 0 saturated carbocycles. The van der Waals surface area contributed by atoms with Crippen LogP contribution in [0.4, 0.5) is 0 Å². The first-order valence-corrected chi connectivity index (χ1v) is 27.9. The summed E-state index contributed by atoms with van der Waals surface area (Å²) < 4.78 is 17.5. The van der Waals surface area contributed by atoms with Crippen molar-refractivity contribution in [3.63, 3.8) is 0 Å². The van der Waals surface area contributed by atoms with E-state index in [9.17, 15) is 9.59 Å². The molecule has 0 aliphatic carbocycles. The van der Waals surface area contributed by atoms with Gasteiger partial charge in [-0.3, -0.25) is 9.59 Å². The third-order valence-electron chi connectivity index (χ3n) is 12.5. The minimum atomic E-state index is -0.397. The Morgan fingerprint density at radius 3 is 0.903 bits per heavy atom. The molecule has 0 unspecified atom stereocenters. The first-order chi connectivity index (χ1) is 30.6. The van der Waals surface area contributed by atoms with E-state index in [0.29, 0.717) is 19.4 Å². The number of hydrogen-bond acceptors (Lipinski definition) is 5. The quantitative estimate of drug-likeness (QED) is 0.0346. The van der Waals surface area contributed by atoms with Crippen molar-refractivity contribution in [2.45, 2.75) is 309 Å². The molecule has 5 heteroatoms. The first kappa shape index (κ1) is 60.4. The summed E-state index contributed by atoms with van der Waals surface area (Å²) in [5.74, 6) is -0.331. The van der Waals surface area contributed by atoms with E-state index in [1.807, 2.05) is 0 Å². The van der Waals surface area contributed by atoms with E-state index in [-0.39, 0.29) is 25.2 Å². The number of unbranched alkanes of at least 4 members (excludes halogenated alkanes) is 37. The Morgan fingerprint density at radius 1 is 0.323 bits per heavy atom. The lowest BCUT2D eigenvalue weighted by Crippen LogP contribution is -2.29. The summed E-state index contributed by atoms with van der Waals surface area (Å²) in [5, 5.41) is 0. The SMILES string of the molecule is CCCC/C=C\CCCCCCCC(=O)OC[C@@H](COC(=O)CCCCCCCCCCC/C=C\CCCCCCCC)OCCCCCCCCCCCCCCCCCC. The second kappa shape index (κ2) is 53.7. The van der Waals surface area contributed by atoms with E-state index in [0.717, 1.165) is 51.4 Å². The van der Waals surface area contributed by atoms with Crippen molar-refractivity contribution >= 4 is 11.9 Å². The minimum absolute atomic E-state index is 0.158. The van der Waals surface area contributed by atoms with Crippen LogP contribution >= 0.6 is 0 Å². The van der Waals surface area contributed by atoms with Crippen LogP contribution in [0.5, 0.6) is 0 Å². The molecule has 0 aliphatic rings. The van der Waals surface area contributed by atoms with Gasteiger partial charge in [0.05, 0.1) is 0 Å². The highest BCUT2D eigenvalue weighted by molar-refractivity contribution is 5.69. The average molecular weight is 873 g/mol. The van der Waals surface area contributed by atoms with E-state index in [4.69, 9.17) is 14.2 Å². The standard InChI is InChI=1S/C57H108O5/c1-4-7-10-13-16-19-22-24-26-28-29-30-31-33-36-39-42-45-48-51-57(59)62-54-55(53-61-56(58)50-47-44-41-38-35-21-18-15-12-9-6-3)60-52-49-46-43-40-37-34-32-27-25-23-20-17-14-11-8-5-2/h15,18,24,26,55H,4-14,16-17,19-23,25,27-54H2,1-3H3/b18-15-,26-24-/t55-/m0/s1. The van der Waals surface area contributed by atoms with Crippen molar-refractivity contribution in [1.29, 1.82) is 0 Å². The Morgan fingerprint density at radius 2 is 0.581 bits per heavy atom. The van der Waals surface area contributed by atoms with Crippen LogP contribution in [0.15, 0.2) is 24.3 Å². The summed E-state index contributed by atoms with van der Waals surface area (Å²) in [4.78, 5) is 25.2. The highest BCUT2D eigenvalue weighted by Gasteiger charge is 2.16. The molecular formula is C57H108O5. The molecule has 0 bridgehead atoms. The fraction of sp³-hybridized carbons (Fsp3) is 0.895. The van der Waals surface area contributed by atoms with Crippen LogP contribution in [-0.2, 0) is 23.8 Å². The Kier molecular flexibility index (Phi) is 52.3. The minimum Gasteiger partial charge on any atom is -0.463 e. The molecule has 0 radical (unpaired) electrons. The van der Waals surface area contributed by atoms with Crippen molar-refractivity contribution in [2.24, 2.45) is 0 Å². The van der Waals surface area contributed by atoms with E-state index >= 15 is 0 Å². The Bertz CT molecular complexity index is 943. The van der Waals surface area contributed by atoms with Crippen LogP contribution in [0, 0.1) is 0 Å². The van der Waals surface area contributed by atoms with Gasteiger partial charge >= 0.3 is 11.9 Å². The molecule has 0 aromatic rings. The van der Waals surface area contributed by atoms with Gasteiger partial charge in [0, 0.05) is 19.4 Å². The third-order valence-corrected chi connectivity index (χ3v) is 12.5. The number of allylic oxidation sites excluding steroid dienone is 4. The van der Waals surface area contributed by atoms with E-state index < -0.39 is 6.10 Å². The molecular weight excluding hydrogens is 765 g/mol. The molecule has 0 N–H and O–H groups in total. The third kappa shape index (κ3) is 51.0. The number of esters is 2. The predicted octanol–water partition coefficient (Wildman–Crippen LogP) is 18.8. The van der Waals surface area contributed by atoms with Gasteiger partial charge in [0.1, 0.15) is 19.3 Å². The number of carbonyl (C=O) groups excluding carboxylic acids is 2. The van der Waals surface area contributed by atoms with Gasteiger partial charge in [-0.2, -0.15) is 0 Å². The highest BCUT2D eigenvalue weighted by Crippen LogP contribution is 2.16. The fourth-order valence-corrected chi connectivity index (χ4v) is 8.23. The van der Waals surface area contributed by atoms with Gasteiger partial charge in [-0.05, 0) is 64.2 Å². The number of carbonyl (C=O) groups is 2. The maximum absolute atomic E-state index is 12.6. The number of ether oxygens (including phenoxy) is 3. The maximum Gasteiger partial charge on any atom is 0.305 e. The van der Waals surface area contributed by atoms with Gasteiger partial charge in [-0.1, -0.05) is 251 Å². The molecule has 0 fully saturated rings. The molecule has 1 atom stereocenters. The summed E-state index contributed by atoms with van der Waals surface area (Å²) in [7, 11) is 0. The summed E-state index contributed by atoms with van der Waals surface area (Å²) in [6, 6.07) is 0. The monoisotopic (exact) mass is 873 g/mol. The van der Waals surface area contributed by atoms with E-state index in [1.54, 1.807) is 0 Å². The largest absolute Gasteiger partial charge is 0.463 e. The molecule has 0 amide bonds. The lowest BCUT2D eigenvalue weighted by atomic mass is 10.0. The van der Waals surface area contributed by atoms with Crippen LogP contribution in [0.25, 0.3) is 0 Å². The van der Waals surface area contributed by atoms with Gasteiger partial charge in [-0.15, -0.1) is 0 Å². The van der Waals surface area contributed by atoms with Crippen molar-refractivity contribution in [2.75, 3.05) is 19.8 Å². The average Bonchev–Trinajstić information content (AvgIpc) is 3.28. The molecule has 5 nitrogen and oxygen atoms in total. The second-order valence-electron chi connectivity index (χ2n) is 18.8. The van der Waals surface area contributed by atoms with Gasteiger partial charge in [0.25, 0.3) is 0 Å². The van der Waals surface area contributed by atoms with E-state index in [1.165, 1.54) is 218 Å². The molecule has 0 saturated heterocycles. The lowest BCUT2D eigenvalue weighted by Gasteiger charge is -2.18. The molecule has 0 spiro atoms. The second-order valence-corrected chi connectivity index (χ2v) is 18.8. The smallest absolute Gasteiger partial charge is 0.305 e. The first-order valence-electron chi connectivity index (χ1n) is 27.9. The molecule has 366 valence electrons. The van der Waals surface area contributed by atoms with Gasteiger partial charge < -0.3 is 14.2 Å². The van der Waals surface area contributed by atoms with Crippen molar-refractivity contribution < 1.29 is 23.8 Å². The maximum atomic E-state index is 12.6. The normalized spacial score (nSPS) is 12.2. The highest BCUT2D eigenvalue weighted by atomic mass is 16.6. The summed E-state index contributed by atoms with van der Waals surface area (Å²) in [5.41, 5.74) is 0. The Labute approximate surface area is 387 Å². The van der Waals surface area contributed by atoms with Crippen LogP contribution in [-0.4, -0.2) is 37.9 Å². The Hall–Kier alpha value is -1.62. The van der Waals surface area contributed by atoms with Gasteiger partial charge in [0.2, 0.25) is 0 Å². The van der Waals surface area contributed by atoms with E-state index in [2.05, 4.69) is 45.1 Å². The number of rotatable bonds is 52. The van der Waals surface area contributed by atoms with Crippen molar-refractivity contribution in [3.05, 3.63) is 24.3 Å². The molecule has 0 rings (SSSR count). The summed E-state index contributed by atoms with van der Waals surface area (Å²) in [6.07, 6.45) is 63.6. The molecule has 62 heavy (non-hydrogen) atoms. The molecule has 0 aromatic heterocycles.